The molecule has 0 aromatic carbocycles. The van der Waals surface area contributed by atoms with Crippen LogP contribution in [0.15, 0.2) is 35.1 Å². The molecule has 0 spiro atoms. The molecular formula is C11H15N3O3S2. The minimum absolute atomic E-state index is 0.148. The summed E-state index contributed by atoms with van der Waals surface area (Å²) in [6.45, 7) is 2.15. The lowest BCUT2D eigenvalue weighted by atomic mass is 10.4. The molecule has 2 rings (SSSR count). The number of sulfonamides is 1. The first kappa shape index (κ1) is 14.2. The standard InChI is InChI=1S/C11H15N3O3S2/c1-9(5-14-3-2-12-8-14)13-19(16,17)11-4-10(6-15)18-7-11/h2-4,7-9,13,15H,5-6H2,1H3. The quantitative estimate of drug-likeness (QED) is 0.827. The molecule has 2 aromatic rings. The van der Waals surface area contributed by atoms with E-state index in [1.54, 1.807) is 30.2 Å². The third-order valence-corrected chi connectivity index (χ3v) is 5.14. The van der Waals surface area contributed by atoms with E-state index in [9.17, 15) is 8.42 Å². The van der Waals surface area contributed by atoms with Crippen LogP contribution in [0.4, 0.5) is 0 Å². The summed E-state index contributed by atoms with van der Waals surface area (Å²) in [4.78, 5) is 4.72. The summed E-state index contributed by atoms with van der Waals surface area (Å²) in [6, 6.07) is 1.23. The Morgan fingerprint density at radius 2 is 2.37 bits per heavy atom. The molecule has 2 aromatic heterocycles. The van der Waals surface area contributed by atoms with E-state index in [0.29, 0.717) is 11.4 Å². The smallest absolute Gasteiger partial charge is 0.241 e. The number of imidazole rings is 1. The van der Waals surface area contributed by atoms with Crippen LogP contribution in [-0.2, 0) is 23.2 Å². The van der Waals surface area contributed by atoms with Gasteiger partial charge in [-0.1, -0.05) is 0 Å². The van der Waals surface area contributed by atoms with Crippen LogP contribution in [0.2, 0.25) is 0 Å². The molecular weight excluding hydrogens is 286 g/mol. The van der Waals surface area contributed by atoms with Gasteiger partial charge in [-0.05, 0) is 13.0 Å². The van der Waals surface area contributed by atoms with Crippen molar-refractivity contribution in [1.82, 2.24) is 14.3 Å². The van der Waals surface area contributed by atoms with Crippen LogP contribution in [0.3, 0.4) is 0 Å². The van der Waals surface area contributed by atoms with Crippen LogP contribution in [0.1, 0.15) is 11.8 Å². The van der Waals surface area contributed by atoms with E-state index in [4.69, 9.17) is 5.11 Å². The topological polar surface area (TPSA) is 84.2 Å². The van der Waals surface area contributed by atoms with Crippen LogP contribution in [-0.4, -0.2) is 29.1 Å². The third kappa shape index (κ3) is 3.63. The van der Waals surface area contributed by atoms with Gasteiger partial charge in [0.25, 0.3) is 0 Å². The maximum absolute atomic E-state index is 12.1. The summed E-state index contributed by atoms with van der Waals surface area (Å²) in [7, 11) is -3.54. The van der Waals surface area contributed by atoms with Crippen molar-refractivity contribution in [1.29, 1.82) is 0 Å². The van der Waals surface area contributed by atoms with Crippen molar-refractivity contribution in [3.05, 3.63) is 35.0 Å². The Morgan fingerprint density at radius 1 is 1.58 bits per heavy atom. The molecule has 0 amide bonds. The molecule has 0 saturated heterocycles. The number of aromatic nitrogens is 2. The highest BCUT2D eigenvalue weighted by atomic mass is 32.2. The Hall–Kier alpha value is -1.22. The second-order valence-electron chi connectivity index (χ2n) is 4.19. The summed E-state index contributed by atoms with van der Waals surface area (Å²) in [5.74, 6) is 0. The molecule has 104 valence electrons. The Labute approximate surface area is 115 Å². The highest BCUT2D eigenvalue weighted by Crippen LogP contribution is 2.19. The van der Waals surface area contributed by atoms with Crippen LogP contribution in [0, 0.1) is 0 Å². The minimum Gasteiger partial charge on any atom is -0.391 e. The van der Waals surface area contributed by atoms with Crippen LogP contribution in [0.25, 0.3) is 0 Å². The Morgan fingerprint density at radius 3 is 2.95 bits per heavy atom. The molecule has 1 unspecified atom stereocenters. The van der Waals surface area contributed by atoms with E-state index in [-0.39, 0.29) is 17.5 Å². The van der Waals surface area contributed by atoms with Crippen molar-refractivity contribution in [2.24, 2.45) is 0 Å². The van der Waals surface area contributed by atoms with Gasteiger partial charge in [0, 0.05) is 35.2 Å². The zero-order valence-electron chi connectivity index (χ0n) is 10.4. The van der Waals surface area contributed by atoms with Gasteiger partial charge in [-0.15, -0.1) is 11.3 Å². The van der Waals surface area contributed by atoms with Crippen molar-refractivity contribution < 1.29 is 13.5 Å². The van der Waals surface area contributed by atoms with E-state index in [2.05, 4.69) is 9.71 Å². The lowest BCUT2D eigenvalue weighted by Crippen LogP contribution is -2.35. The number of aliphatic hydroxyl groups is 1. The van der Waals surface area contributed by atoms with Gasteiger partial charge >= 0.3 is 0 Å². The van der Waals surface area contributed by atoms with E-state index < -0.39 is 10.0 Å². The van der Waals surface area contributed by atoms with Gasteiger partial charge in [-0.25, -0.2) is 18.1 Å². The predicted octanol–water partition coefficient (Wildman–Crippen LogP) is 0.804. The second-order valence-corrected chi connectivity index (χ2v) is 6.90. The maximum atomic E-state index is 12.1. The lowest BCUT2D eigenvalue weighted by molar-refractivity contribution is 0.285. The zero-order valence-corrected chi connectivity index (χ0v) is 12.0. The van der Waals surface area contributed by atoms with Gasteiger partial charge in [0.15, 0.2) is 0 Å². The summed E-state index contributed by atoms with van der Waals surface area (Å²) in [5.41, 5.74) is 0. The van der Waals surface area contributed by atoms with Crippen LogP contribution >= 0.6 is 11.3 Å². The maximum Gasteiger partial charge on any atom is 0.241 e. The monoisotopic (exact) mass is 301 g/mol. The number of rotatable bonds is 6. The summed E-state index contributed by atoms with van der Waals surface area (Å²) < 4.78 is 28.6. The molecule has 6 nitrogen and oxygen atoms in total. The van der Waals surface area contributed by atoms with Gasteiger partial charge in [0.05, 0.1) is 17.8 Å². The number of aliphatic hydroxyl groups excluding tert-OH is 1. The fourth-order valence-corrected chi connectivity index (χ4v) is 4.03. The fraction of sp³-hybridized carbons (Fsp3) is 0.364. The molecule has 0 aliphatic heterocycles. The summed E-state index contributed by atoms with van der Waals surface area (Å²) in [5, 5.41) is 10.5. The first-order valence-corrected chi connectivity index (χ1v) is 8.04. The van der Waals surface area contributed by atoms with Gasteiger partial charge in [0.2, 0.25) is 10.0 Å². The number of nitrogens with one attached hydrogen (secondary N) is 1. The Balaban J connectivity index is 2.04. The van der Waals surface area contributed by atoms with E-state index in [0.717, 1.165) is 0 Å². The van der Waals surface area contributed by atoms with E-state index in [1.165, 1.54) is 22.8 Å². The molecule has 8 heteroatoms. The summed E-state index contributed by atoms with van der Waals surface area (Å²) >= 11 is 1.22. The average Bonchev–Trinajstić information content (AvgIpc) is 2.97. The number of nitrogens with zero attached hydrogens (tertiary/aromatic N) is 2. The van der Waals surface area contributed by atoms with Crippen molar-refractivity contribution in [3.8, 4) is 0 Å². The zero-order chi connectivity index (χ0) is 13.9. The molecule has 0 radical (unpaired) electrons. The molecule has 2 N–H and O–H groups in total. The first-order chi connectivity index (χ1) is 9.01. The number of hydrogen-bond donors (Lipinski definition) is 2. The third-order valence-electron chi connectivity index (χ3n) is 2.50. The van der Waals surface area contributed by atoms with Crippen molar-refractivity contribution >= 4 is 21.4 Å². The number of hydrogen-bond acceptors (Lipinski definition) is 5. The van der Waals surface area contributed by atoms with Crippen LogP contribution in [0.5, 0.6) is 0 Å². The van der Waals surface area contributed by atoms with Gasteiger partial charge in [0.1, 0.15) is 0 Å². The van der Waals surface area contributed by atoms with Crippen molar-refractivity contribution in [2.75, 3.05) is 0 Å². The minimum atomic E-state index is -3.54. The molecule has 0 aliphatic rings. The molecule has 0 aliphatic carbocycles. The molecule has 0 bridgehead atoms. The molecule has 1 atom stereocenters. The Bertz CT molecular complexity index is 619. The van der Waals surface area contributed by atoms with Gasteiger partial charge in [-0.2, -0.15) is 0 Å². The number of thiophene rings is 1. The second kappa shape index (κ2) is 5.83. The van der Waals surface area contributed by atoms with Gasteiger partial charge in [-0.3, -0.25) is 0 Å². The molecule has 19 heavy (non-hydrogen) atoms. The predicted molar refractivity (Wildman–Crippen MR) is 72.3 cm³/mol. The largest absolute Gasteiger partial charge is 0.391 e. The first-order valence-electron chi connectivity index (χ1n) is 5.67. The van der Waals surface area contributed by atoms with Crippen molar-refractivity contribution in [2.45, 2.75) is 31.0 Å². The van der Waals surface area contributed by atoms with Crippen molar-refractivity contribution in [3.63, 3.8) is 0 Å². The fourth-order valence-electron chi connectivity index (χ4n) is 1.67. The van der Waals surface area contributed by atoms with Crippen LogP contribution < -0.4 is 4.72 Å². The highest BCUT2D eigenvalue weighted by molar-refractivity contribution is 7.89. The molecule has 0 fully saturated rings. The Kier molecular flexibility index (Phi) is 4.35. The summed E-state index contributed by atoms with van der Waals surface area (Å²) in [6.07, 6.45) is 5.06. The van der Waals surface area contributed by atoms with Gasteiger partial charge < -0.3 is 9.67 Å². The SMILES string of the molecule is CC(Cn1ccnc1)NS(=O)(=O)c1csc(CO)c1. The van der Waals surface area contributed by atoms with E-state index in [1.807, 2.05) is 0 Å². The normalized spacial score (nSPS) is 13.6. The highest BCUT2D eigenvalue weighted by Gasteiger charge is 2.19. The molecule has 0 saturated carbocycles. The average molecular weight is 301 g/mol. The lowest BCUT2D eigenvalue weighted by Gasteiger charge is -2.13. The molecule has 2 heterocycles. The van der Waals surface area contributed by atoms with E-state index >= 15 is 0 Å².